The van der Waals surface area contributed by atoms with Gasteiger partial charge < -0.3 is 40.0 Å². The molecule has 14 nitrogen and oxygen atoms in total. The summed E-state index contributed by atoms with van der Waals surface area (Å²) in [6.45, 7) is -0.0387. The van der Waals surface area contributed by atoms with Crippen molar-refractivity contribution in [3.05, 3.63) is 0 Å². The minimum absolute atomic E-state index is 0.227. The number of aliphatic hydroxyl groups is 3. The lowest BCUT2D eigenvalue weighted by Gasteiger charge is -2.43. The molecule has 0 aromatic carbocycles. The summed E-state index contributed by atoms with van der Waals surface area (Å²) in [4.78, 5) is 22.8. The van der Waals surface area contributed by atoms with E-state index in [-0.39, 0.29) is 6.42 Å². The van der Waals surface area contributed by atoms with Crippen molar-refractivity contribution in [2.24, 2.45) is 0 Å². The molecule has 168 valence electrons. The van der Waals surface area contributed by atoms with E-state index >= 15 is 0 Å². The first-order valence-corrected chi connectivity index (χ1v) is 9.84. The Kier molecular flexibility index (Phi) is 7.88. The number of carboxylic acids is 1. The Labute approximate surface area is 165 Å². The van der Waals surface area contributed by atoms with Crippen molar-refractivity contribution >= 4 is 22.3 Å². The van der Waals surface area contributed by atoms with E-state index in [0.29, 0.717) is 0 Å². The molecule has 1 amide bonds. The summed E-state index contributed by atoms with van der Waals surface area (Å²) < 4.78 is 50.2. The number of carbonyl (C=O) groups is 2. The zero-order valence-corrected chi connectivity index (χ0v) is 16.0. The molecular formula is C14H23NO13S. The van der Waals surface area contributed by atoms with E-state index in [9.17, 15) is 38.4 Å². The van der Waals surface area contributed by atoms with Crippen LogP contribution in [0.15, 0.2) is 0 Å². The number of ether oxygens (including phenoxy) is 3. The van der Waals surface area contributed by atoms with Gasteiger partial charge in [-0.2, -0.15) is 8.42 Å². The van der Waals surface area contributed by atoms with Crippen LogP contribution in [-0.4, -0.2) is 107 Å². The van der Waals surface area contributed by atoms with E-state index in [1.54, 1.807) is 0 Å². The molecule has 0 aromatic heterocycles. The third kappa shape index (κ3) is 6.53. The highest BCUT2D eigenvalue weighted by molar-refractivity contribution is 7.80. The van der Waals surface area contributed by atoms with Crippen LogP contribution >= 0.6 is 0 Å². The highest BCUT2D eigenvalue weighted by Gasteiger charge is 2.48. The van der Waals surface area contributed by atoms with Gasteiger partial charge in [0.25, 0.3) is 0 Å². The minimum atomic E-state index is -4.80. The average molecular weight is 445 g/mol. The molecule has 8 atom stereocenters. The number of amides is 1. The summed E-state index contributed by atoms with van der Waals surface area (Å²) in [5.41, 5.74) is 0. The van der Waals surface area contributed by atoms with Gasteiger partial charge in [0.1, 0.15) is 24.4 Å². The fraction of sp³-hybridized carbons (Fsp3) is 0.857. The standard InChI is InChI=1S/C14H23NO13S/c1-5(16)15-9-7(17)2-6(3-26-29(22,23)24)27-14(9)28-11-10(19)8(18)4-25-12(11)13(20)21/h6-12,14,17-19H,2-4H2,1H3,(H,15,16)(H,20,21)(H,22,23,24)/t6?,7?,8?,9-,10+,11+,12?,14-/m0/s1. The maximum Gasteiger partial charge on any atom is 0.397 e. The highest BCUT2D eigenvalue weighted by atomic mass is 32.3. The van der Waals surface area contributed by atoms with Gasteiger partial charge in [0, 0.05) is 13.3 Å². The number of carboxylic acid groups (broad SMARTS) is 1. The number of carbonyl (C=O) groups excluding carboxylic acids is 1. The molecule has 0 radical (unpaired) electrons. The van der Waals surface area contributed by atoms with Crippen molar-refractivity contribution in [1.82, 2.24) is 5.32 Å². The Balaban J connectivity index is 2.21. The second-order valence-electron chi connectivity index (χ2n) is 6.62. The van der Waals surface area contributed by atoms with Crippen molar-refractivity contribution in [3.63, 3.8) is 0 Å². The summed E-state index contributed by atoms with van der Waals surface area (Å²) in [5, 5.41) is 41.8. The molecule has 0 spiro atoms. The van der Waals surface area contributed by atoms with Gasteiger partial charge in [-0.25, -0.2) is 8.98 Å². The number of rotatable bonds is 7. The molecule has 0 saturated carbocycles. The van der Waals surface area contributed by atoms with Crippen molar-refractivity contribution in [2.75, 3.05) is 13.2 Å². The van der Waals surface area contributed by atoms with E-state index in [4.69, 9.17) is 18.8 Å². The quantitative estimate of drug-likeness (QED) is 0.209. The van der Waals surface area contributed by atoms with Crippen LogP contribution < -0.4 is 5.32 Å². The topological polar surface area (TPSA) is 218 Å². The van der Waals surface area contributed by atoms with Crippen LogP contribution in [0.25, 0.3) is 0 Å². The van der Waals surface area contributed by atoms with Crippen LogP contribution in [0.1, 0.15) is 13.3 Å². The third-order valence-corrected chi connectivity index (χ3v) is 4.76. The number of hydrogen-bond acceptors (Lipinski definition) is 11. The van der Waals surface area contributed by atoms with Gasteiger partial charge in [0.05, 0.1) is 25.4 Å². The first-order chi connectivity index (χ1) is 13.4. The van der Waals surface area contributed by atoms with E-state index in [1.807, 2.05) is 0 Å². The maximum absolute atomic E-state index is 11.4. The van der Waals surface area contributed by atoms with E-state index in [1.165, 1.54) is 0 Å². The van der Waals surface area contributed by atoms with Crippen molar-refractivity contribution in [3.8, 4) is 0 Å². The number of nitrogens with one attached hydrogen (secondary N) is 1. The smallest absolute Gasteiger partial charge is 0.397 e. The highest BCUT2D eigenvalue weighted by Crippen LogP contribution is 2.27. The van der Waals surface area contributed by atoms with E-state index in [0.717, 1.165) is 6.92 Å². The first kappa shape index (κ1) is 23.8. The molecule has 2 rings (SSSR count). The summed E-state index contributed by atoms with van der Waals surface area (Å²) in [7, 11) is -4.80. The van der Waals surface area contributed by atoms with Crippen molar-refractivity contribution in [2.45, 2.75) is 62.3 Å². The Morgan fingerprint density at radius 3 is 2.41 bits per heavy atom. The Bertz CT molecular complexity index is 700. The Morgan fingerprint density at radius 2 is 1.86 bits per heavy atom. The third-order valence-electron chi connectivity index (χ3n) is 4.32. The second kappa shape index (κ2) is 9.59. The number of hydrogen-bond donors (Lipinski definition) is 6. The van der Waals surface area contributed by atoms with Crippen LogP contribution in [0, 0.1) is 0 Å². The predicted molar refractivity (Wildman–Crippen MR) is 88.7 cm³/mol. The molecule has 2 fully saturated rings. The van der Waals surface area contributed by atoms with Gasteiger partial charge in [-0.1, -0.05) is 0 Å². The molecule has 0 aliphatic carbocycles. The van der Waals surface area contributed by atoms with Gasteiger partial charge in [-0.3, -0.25) is 9.35 Å². The molecule has 4 unspecified atom stereocenters. The lowest BCUT2D eigenvalue weighted by Crippen LogP contribution is -2.63. The molecule has 2 aliphatic rings. The Morgan fingerprint density at radius 1 is 1.21 bits per heavy atom. The fourth-order valence-electron chi connectivity index (χ4n) is 3.02. The van der Waals surface area contributed by atoms with Gasteiger partial charge >= 0.3 is 16.4 Å². The molecule has 2 heterocycles. The first-order valence-electron chi connectivity index (χ1n) is 8.47. The van der Waals surface area contributed by atoms with E-state index in [2.05, 4.69) is 9.50 Å². The van der Waals surface area contributed by atoms with Crippen LogP contribution in [-0.2, 0) is 38.4 Å². The normalized spacial score (nSPS) is 38.4. The molecule has 2 saturated heterocycles. The van der Waals surface area contributed by atoms with Crippen LogP contribution in [0.4, 0.5) is 0 Å². The lowest BCUT2D eigenvalue weighted by atomic mass is 9.97. The fourth-order valence-corrected chi connectivity index (χ4v) is 3.35. The molecule has 15 heteroatoms. The van der Waals surface area contributed by atoms with Crippen LogP contribution in [0.3, 0.4) is 0 Å². The minimum Gasteiger partial charge on any atom is -0.479 e. The number of aliphatic hydroxyl groups excluding tert-OH is 3. The zero-order chi connectivity index (χ0) is 21.9. The van der Waals surface area contributed by atoms with Gasteiger partial charge in [-0.15, -0.1) is 0 Å². The van der Waals surface area contributed by atoms with Gasteiger partial charge in [-0.05, 0) is 0 Å². The monoisotopic (exact) mass is 445 g/mol. The van der Waals surface area contributed by atoms with Crippen LogP contribution in [0.2, 0.25) is 0 Å². The average Bonchev–Trinajstić information content (AvgIpc) is 2.59. The molecule has 6 N–H and O–H groups in total. The molecule has 0 bridgehead atoms. The molecule has 2 aliphatic heterocycles. The van der Waals surface area contributed by atoms with Gasteiger partial charge in [0.2, 0.25) is 5.91 Å². The summed E-state index contributed by atoms with van der Waals surface area (Å²) in [6.07, 6.45) is -10.8. The zero-order valence-electron chi connectivity index (χ0n) is 15.2. The van der Waals surface area contributed by atoms with Crippen molar-refractivity contribution < 1.29 is 61.4 Å². The molecular weight excluding hydrogens is 422 g/mol. The largest absolute Gasteiger partial charge is 0.479 e. The summed E-state index contributed by atoms with van der Waals surface area (Å²) >= 11 is 0. The molecule has 0 aromatic rings. The van der Waals surface area contributed by atoms with Gasteiger partial charge in [0.15, 0.2) is 12.4 Å². The summed E-state index contributed by atoms with van der Waals surface area (Å²) in [5.74, 6) is -2.09. The maximum atomic E-state index is 11.4. The number of aliphatic carboxylic acids is 1. The predicted octanol–water partition coefficient (Wildman–Crippen LogP) is -3.62. The SMILES string of the molecule is CC(=O)N[C@H]1C(O)CC(COS(=O)(=O)O)O[C@H]1O[C@H]1C(C(=O)O)OCC(O)[C@H]1O. The summed E-state index contributed by atoms with van der Waals surface area (Å²) in [6, 6.07) is -1.23. The molecule has 29 heavy (non-hydrogen) atoms. The van der Waals surface area contributed by atoms with Crippen molar-refractivity contribution in [1.29, 1.82) is 0 Å². The Hall–Kier alpha value is -1.43. The van der Waals surface area contributed by atoms with Crippen LogP contribution in [0.5, 0.6) is 0 Å². The lowest BCUT2D eigenvalue weighted by molar-refractivity contribution is -0.294. The second-order valence-corrected chi connectivity index (χ2v) is 7.71. The van der Waals surface area contributed by atoms with E-state index < -0.39 is 84.4 Å².